The number of thioether (sulfide) groups is 1. The molecule has 0 saturated heterocycles. The highest BCUT2D eigenvalue weighted by molar-refractivity contribution is 7.99. The first-order valence-electron chi connectivity index (χ1n) is 11.2. The Morgan fingerprint density at radius 1 is 1.44 bits per heavy atom. The molecule has 0 saturated carbocycles. The van der Waals surface area contributed by atoms with Crippen molar-refractivity contribution in [3.05, 3.63) is 53.2 Å². The first-order valence-corrected chi connectivity index (χ1v) is 13.0. The fraction of sp³-hybridized carbons (Fsp3) is 0.400. The number of aromatic nitrogens is 4. The summed E-state index contributed by atoms with van der Waals surface area (Å²) in [6.07, 6.45) is 8.14. The maximum Gasteiger partial charge on any atom is 0.235 e. The van der Waals surface area contributed by atoms with E-state index in [-0.39, 0.29) is 17.1 Å². The summed E-state index contributed by atoms with van der Waals surface area (Å²) in [6, 6.07) is 6.10. The average molecular weight is 493 g/mol. The highest BCUT2D eigenvalue weighted by Crippen LogP contribution is 2.44. The van der Waals surface area contributed by atoms with Crippen molar-refractivity contribution in [3.63, 3.8) is 0 Å². The first-order chi connectivity index (χ1) is 16.3. The summed E-state index contributed by atoms with van der Waals surface area (Å²) < 4.78 is 1.92. The summed E-state index contributed by atoms with van der Waals surface area (Å²) >= 11 is 2.86. The summed E-state index contributed by atoms with van der Waals surface area (Å²) in [7, 11) is 0. The lowest BCUT2D eigenvalue weighted by molar-refractivity contribution is -0.113. The average Bonchev–Trinajstić information content (AvgIpc) is 3.37. The van der Waals surface area contributed by atoms with Gasteiger partial charge in [-0.05, 0) is 48.3 Å². The van der Waals surface area contributed by atoms with E-state index >= 15 is 0 Å². The molecular formula is C25H28N6OS2. The van der Waals surface area contributed by atoms with Crippen molar-refractivity contribution >= 4 is 34.0 Å². The van der Waals surface area contributed by atoms with Crippen molar-refractivity contribution in [1.29, 1.82) is 5.26 Å². The monoisotopic (exact) mass is 492 g/mol. The van der Waals surface area contributed by atoms with Crippen molar-refractivity contribution in [1.82, 2.24) is 19.7 Å². The van der Waals surface area contributed by atoms with E-state index in [0.717, 1.165) is 30.4 Å². The quantitative estimate of drug-likeness (QED) is 0.353. The number of fused-ring (bicyclic) bond motifs is 1. The van der Waals surface area contributed by atoms with Gasteiger partial charge in [0, 0.05) is 29.4 Å². The standard InChI is InChI=1S/C25H28N6OS2/c1-5-11-31-22(16-7-6-10-27-14-16)29-30-24(31)33-15-21(32)28-23-19(13-26)18-9-8-17(25(2,3)4)12-20(18)34-23/h5-7,10,14,17H,1,8-9,11-12,15H2,2-4H3,(H,28,32). The Balaban J connectivity index is 1.47. The zero-order valence-electron chi connectivity index (χ0n) is 19.7. The van der Waals surface area contributed by atoms with Crippen molar-refractivity contribution in [2.75, 3.05) is 11.1 Å². The number of allylic oxidation sites excluding steroid dienone is 1. The Bertz CT molecular complexity index is 1230. The van der Waals surface area contributed by atoms with E-state index in [4.69, 9.17) is 0 Å². The minimum atomic E-state index is -0.163. The molecule has 34 heavy (non-hydrogen) atoms. The maximum absolute atomic E-state index is 12.8. The van der Waals surface area contributed by atoms with Gasteiger partial charge >= 0.3 is 0 Å². The van der Waals surface area contributed by atoms with Crippen LogP contribution in [0.2, 0.25) is 0 Å². The normalized spacial score (nSPS) is 15.4. The van der Waals surface area contributed by atoms with E-state index in [0.29, 0.717) is 34.0 Å². The van der Waals surface area contributed by atoms with Gasteiger partial charge in [0.05, 0.1) is 11.3 Å². The second-order valence-corrected chi connectivity index (χ2v) is 11.5. The molecule has 7 nitrogen and oxygen atoms in total. The Morgan fingerprint density at radius 3 is 2.94 bits per heavy atom. The van der Waals surface area contributed by atoms with Crippen LogP contribution in [0.4, 0.5) is 5.00 Å². The summed E-state index contributed by atoms with van der Waals surface area (Å²) in [5.74, 6) is 1.26. The lowest BCUT2D eigenvalue weighted by Crippen LogP contribution is -2.26. The highest BCUT2D eigenvalue weighted by atomic mass is 32.2. The summed E-state index contributed by atoms with van der Waals surface area (Å²) in [5.41, 5.74) is 2.82. The lowest BCUT2D eigenvalue weighted by Gasteiger charge is -2.33. The molecule has 9 heteroatoms. The molecule has 176 valence electrons. The van der Waals surface area contributed by atoms with Crippen LogP contribution in [0, 0.1) is 22.7 Å². The van der Waals surface area contributed by atoms with E-state index in [9.17, 15) is 10.1 Å². The molecule has 3 aromatic rings. The van der Waals surface area contributed by atoms with Crippen LogP contribution in [0.15, 0.2) is 42.3 Å². The number of anilines is 1. The van der Waals surface area contributed by atoms with Crippen molar-refractivity contribution in [2.24, 2.45) is 11.3 Å². The molecule has 3 heterocycles. The molecular weight excluding hydrogens is 464 g/mol. The molecule has 0 bridgehead atoms. The zero-order valence-corrected chi connectivity index (χ0v) is 21.3. The van der Waals surface area contributed by atoms with Crippen LogP contribution < -0.4 is 5.32 Å². The summed E-state index contributed by atoms with van der Waals surface area (Å²) in [5, 5.41) is 22.6. The van der Waals surface area contributed by atoms with Crippen LogP contribution in [0.5, 0.6) is 0 Å². The van der Waals surface area contributed by atoms with Gasteiger partial charge in [0.25, 0.3) is 0 Å². The molecule has 1 amide bonds. The molecule has 0 aliphatic heterocycles. The van der Waals surface area contributed by atoms with Gasteiger partial charge in [0.15, 0.2) is 11.0 Å². The van der Waals surface area contributed by atoms with E-state index < -0.39 is 0 Å². The molecule has 0 radical (unpaired) electrons. The number of rotatable bonds is 7. The van der Waals surface area contributed by atoms with Gasteiger partial charge in [-0.15, -0.1) is 28.1 Å². The van der Waals surface area contributed by atoms with Crippen LogP contribution in [-0.2, 0) is 24.2 Å². The predicted molar refractivity (Wildman–Crippen MR) is 137 cm³/mol. The Hall–Kier alpha value is -2.96. The predicted octanol–water partition coefficient (Wildman–Crippen LogP) is 5.34. The molecule has 1 aliphatic carbocycles. The van der Waals surface area contributed by atoms with E-state index in [1.54, 1.807) is 29.8 Å². The van der Waals surface area contributed by atoms with Crippen molar-refractivity contribution in [3.8, 4) is 17.5 Å². The minimum absolute atomic E-state index is 0.163. The molecule has 1 atom stereocenters. The second kappa shape index (κ2) is 10.1. The SMILES string of the molecule is C=CCn1c(SCC(=O)Nc2sc3c(c2C#N)CCC(C(C)(C)C)C3)nnc1-c1cccnc1. The lowest BCUT2D eigenvalue weighted by atomic mass is 9.72. The fourth-order valence-corrected chi connectivity index (χ4v) is 6.26. The molecule has 4 rings (SSSR count). The number of carbonyl (C=O) groups excluding carboxylic acids is 1. The summed E-state index contributed by atoms with van der Waals surface area (Å²) in [6.45, 7) is 11.2. The molecule has 1 unspecified atom stereocenters. The number of pyridine rings is 1. The summed E-state index contributed by atoms with van der Waals surface area (Å²) in [4.78, 5) is 18.2. The van der Waals surface area contributed by atoms with Gasteiger partial charge in [0.2, 0.25) is 5.91 Å². The fourth-order valence-electron chi connectivity index (χ4n) is 4.22. The maximum atomic E-state index is 12.8. The van der Waals surface area contributed by atoms with Crippen LogP contribution in [0.1, 0.15) is 43.2 Å². The van der Waals surface area contributed by atoms with Gasteiger partial charge in [-0.2, -0.15) is 5.26 Å². The van der Waals surface area contributed by atoms with Crippen LogP contribution in [0.3, 0.4) is 0 Å². The van der Waals surface area contributed by atoms with Crippen LogP contribution in [0.25, 0.3) is 11.4 Å². The van der Waals surface area contributed by atoms with Crippen molar-refractivity contribution in [2.45, 2.75) is 51.7 Å². The van der Waals surface area contributed by atoms with Gasteiger partial charge < -0.3 is 5.32 Å². The zero-order chi connectivity index (χ0) is 24.3. The number of hydrogen-bond acceptors (Lipinski definition) is 7. The van der Waals surface area contributed by atoms with E-state index in [2.05, 4.69) is 53.9 Å². The third-order valence-electron chi connectivity index (χ3n) is 6.14. The minimum Gasteiger partial charge on any atom is -0.316 e. The van der Waals surface area contributed by atoms with Crippen LogP contribution in [-0.4, -0.2) is 31.4 Å². The highest BCUT2D eigenvalue weighted by Gasteiger charge is 2.32. The molecule has 0 fully saturated rings. The van der Waals surface area contributed by atoms with E-state index in [1.165, 1.54) is 16.6 Å². The molecule has 0 spiro atoms. The number of hydrogen-bond donors (Lipinski definition) is 1. The number of nitrogens with zero attached hydrogens (tertiary/aromatic N) is 5. The molecule has 1 aliphatic rings. The number of nitrogens with one attached hydrogen (secondary N) is 1. The van der Waals surface area contributed by atoms with Gasteiger partial charge in [0.1, 0.15) is 11.1 Å². The Kier molecular flexibility index (Phi) is 7.19. The van der Waals surface area contributed by atoms with Crippen molar-refractivity contribution < 1.29 is 4.79 Å². The third-order valence-corrected chi connectivity index (χ3v) is 8.27. The largest absolute Gasteiger partial charge is 0.316 e. The molecule has 3 aromatic heterocycles. The number of thiophene rings is 1. The number of carbonyl (C=O) groups is 1. The Labute approximate surface area is 208 Å². The van der Waals surface area contributed by atoms with Gasteiger partial charge in [-0.3, -0.25) is 14.3 Å². The number of amides is 1. The first kappa shape index (κ1) is 24.2. The van der Waals surface area contributed by atoms with Gasteiger partial charge in [-0.1, -0.05) is 38.6 Å². The smallest absolute Gasteiger partial charge is 0.235 e. The topological polar surface area (TPSA) is 96.5 Å². The van der Waals surface area contributed by atoms with Gasteiger partial charge in [-0.25, -0.2) is 0 Å². The number of nitriles is 1. The second-order valence-electron chi connectivity index (χ2n) is 9.41. The van der Waals surface area contributed by atoms with Crippen LogP contribution >= 0.6 is 23.1 Å². The Morgan fingerprint density at radius 2 is 2.26 bits per heavy atom. The van der Waals surface area contributed by atoms with E-state index in [1.807, 2.05) is 16.7 Å². The molecule has 1 N–H and O–H groups in total. The molecule has 0 aromatic carbocycles. The third kappa shape index (κ3) is 5.08.